The lowest BCUT2D eigenvalue weighted by molar-refractivity contribution is 0.0457. The third kappa shape index (κ3) is 5.26. The van der Waals surface area contributed by atoms with Gasteiger partial charge in [-0.1, -0.05) is 25.7 Å². The van der Waals surface area contributed by atoms with E-state index in [-0.39, 0.29) is 13.3 Å². The molecule has 178 valence electrons. The minimum Gasteiger partial charge on any atom is -0.461 e. The molecule has 0 radical (unpaired) electrons. The number of rotatable bonds is 9. The van der Waals surface area contributed by atoms with Crippen LogP contribution in [0.4, 0.5) is 0 Å². The smallest absolute Gasteiger partial charge is 0.357 e. The molecule has 0 saturated heterocycles. The fourth-order valence-electron chi connectivity index (χ4n) is 3.69. The Hall–Kier alpha value is -3.30. The van der Waals surface area contributed by atoms with E-state index in [1.165, 1.54) is 0 Å². The van der Waals surface area contributed by atoms with Gasteiger partial charge in [0.25, 0.3) is 0 Å². The Balaban J connectivity index is 1.85. The Bertz CT molecular complexity index is 1310. The zero-order valence-electron chi connectivity index (χ0n) is 20.4. The number of imidazole rings is 1. The van der Waals surface area contributed by atoms with E-state index >= 15 is 0 Å². The number of fused-ring (bicyclic) bond motifs is 1. The van der Waals surface area contributed by atoms with Crippen molar-refractivity contribution in [2.24, 2.45) is 0 Å². The average molecular weight is 478 g/mol. The molecular formula is C25H31N5O3Si. The van der Waals surface area contributed by atoms with E-state index in [2.05, 4.69) is 29.6 Å². The first kappa shape index (κ1) is 23.8. The Labute approximate surface area is 200 Å². The maximum Gasteiger partial charge on any atom is 0.357 e. The van der Waals surface area contributed by atoms with Crippen LogP contribution in [0.25, 0.3) is 28.2 Å². The van der Waals surface area contributed by atoms with E-state index in [9.17, 15) is 4.79 Å². The van der Waals surface area contributed by atoms with Gasteiger partial charge in [-0.25, -0.2) is 14.5 Å². The third-order valence-corrected chi connectivity index (χ3v) is 7.14. The van der Waals surface area contributed by atoms with Gasteiger partial charge in [0.2, 0.25) is 0 Å². The van der Waals surface area contributed by atoms with Gasteiger partial charge in [-0.2, -0.15) is 5.10 Å². The normalized spacial score (nSPS) is 11.8. The summed E-state index contributed by atoms with van der Waals surface area (Å²) in [6, 6.07) is 10.7. The van der Waals surface area contributed by atoms with E-state index in [0.717, 1.165) is 22.9 Å². The predicted molar refractivity (Wildman–Crippen MR) is 134 cm³/mol. The molecule has 0 aromatic carbocycles. The summed E-state index contributed by atoms with van der Waals surface area (Å²) >= 11 is 0. The topological polar surface area (TPSA) is 83.5 Å². The number of pyridine rings is 2. The maximum atomic E-state index is 13.2. The quantitative estimate of drug-likeness (QED) is 0.190. The van der Waals surface area contributed by atoms with Crippen molar-refractivity contribution in [2.45, 2.75) is 46.3 Å². The second-order valence-electron chi connectivity index (χ2n) is 9.41. The Kier molecular flexibility index (Phi) is 6.94. The van der Waals surface area contributed by atoms with Crippen LogP contribution >= 0.6 is 0 Å². The second kappa shape index (κ2) is 9.90. The molecule has 4 aromatic rings. The molecule has 8 nitrogen and oxygen atoms in total. The number of carbonyl (C=O) groups is 1. The van der Waals surface area contributed by atoms with Crippen LogP contribution in [0.1, 0.15) is 23.1 Å². The molecule has 0 bridgehead atoms. The van der Waals surface area contributed by atoms with Crippen LogP contribution in [0.2, 0.25) is 25.7 Å². The van der Waals surface area contributed by atoms with E-state index in [1.807, 2.05) is 54.0 Å². The standard InChI is InChI=1S/C25H31N5O3Si/c1-6-33-25(31)24-22(19-10-11-21-26-12-13-29(21)16-19)23(20-9-7-8-18(2)27-20)28-30(24)17-32-14-15-34(3,4)5/h7-13,16H,6,14-15,17H2,1-5H3. The van der Waals surface area contributed by atoms with E-state index in [1.54, 1.807) is 17.8 Å². The maximum absolute atomic E-state index is 13.2. The van der Waals surface area contributed by atoms with Crippen LogP contribution < -0.4 is 0 Å². The highest BCUT2D eigenvalue weighted by Gasteiger charge is 2.28. The monoisotopic (exact) mass is 477 g/mol. The molecule has 0 fully saturated rings. The van der Waals surface area contributed by atoms with Gasteiger partial charge in [-0.3, -0.25) is 4.98 Å². The number of hydrogen-bond donors (Lipinski definition) is 0. The lowest BCUT2D eigenvalue weighted by atomic mass is 10.0. The number of carbonyl (C=O) groups excluding carboxylic acids is 1. The lowest BCUT2D eigenvalue weighted by Crippen LogP contribution is -2.22. The molecule has 0 aliphatic carbocycles. The van der Waals surface area contributed by atoms with Crippen molar-refractivity contribution in [3.63, 3.8) is 0 Å². The first-order valence-corrected chi connectivity index (χ1v) is 15.2. The molecule has 9 heteroatoms. The van der Waals surface area contributed by atoms with Crippen molar-refractivity contribution >= 4 is 19.7 Å². The van der Waals surface area contributed by atoms with Crippen molar-refractivity contribution in [1.82, 2.24) is 24.1 Å². The van der Waals surface area contributed by atoms with E-state index < -0.39 is 14.0 Å². The van der Waals surface area contributed by atoms with E-state index in [4.69, 9.17) is 14.6 Å². The van der Waals surface area contributed by atoms with Gasteiger partial charge in [-0.05, 0) is 44.2 Å². The molecule has 4 heterocycles. The van der Waals surface area contributed by atoms with Crippen LogP contribution in [0.5, 0.6) is 0 Å². The highest BCUT2D eigenvalue weighted by atomic mass is 28.3. The average Bonchev–Trinajstić information content (AvgIpc) is 3.40. The van der Waals surface area contributed by atoms with Crippen LogP contribution in [-0.4, -0.2) is 51.4 Å². The highest BCUT2D eigenvalue weighted by Crippen LogP contribution is 2.35. The zero-order valence-corrected chi connectivity index (χ0v) is 21.4. The zero-order chi connectivity index (χ0) is 24.3. The fourth-order valence-corrected chi connectivity index (χ4v) is 4.44. The van der Waals surface area contributed by atoms with Gasteiger partial charge in [-0.15, -0.1) is 0 Å². The predicted octanol–water partition coefficient (Wildman–Crippen LogP) is 5.06. The SMILES string of the molecule is CCOC(=O)c1c(-c2ccc3nccn3c2)c(-c2cccc(C)n2)nn1COCC[Si](C)(C)C. The van der Waals surface area contributed by atoms with Crippen LogP contribution in [0, 0.1) is 6.92 Å². The summed E-state index contributed by atoms with van der Waals surface area (Å²) in [6.07, 6.45) is 5.55. The van der Waals surface area contributed by atoms with Crippen LogP contribution in [-0.2, 0) is 16.2 Å². The molecular weight excluding hydrogens is 446 g/mol. The summed E-state index contributed by atoms with van der Waals surface area (Å²) in [5.41, 5.74) is 4.83. The molecule has 4 aromatic heterocycles. The first-order chi connectivity index (χ1) is 16.3. The first-order valence-electron chi connectivity index (χ1n) is 11.5. The van der Waals surface area contributed by atoms with Crippen LogP contribution in [0.15, 0.2) is 48.9 Å². The Morgan fingerprint density at radius 1 is 1.15 bits per heavy atom. The molecule has 0 aliphatic heterocycles. The molecule has 0 unspecified atom stereocenters. The second-order valence-corrected chi connectivity index (χ2v) is 15.0. The van der Waals surface area contributed by atoms with Crippen molar-refractivity contribution in [3.05, 3.63) is 60.3 Å². The Morgan fingerprint density at radius 2 is 1.97 bits per heavy atom. The number of ether oxygens (including phenoxy) is 2. The number of aryl methyl sites for hydroxylation is 1. The summed E-state index contributed by atoms with van der Waals surface area (Å²) in [4.78, 5) is 22.2. The number of esters is 1. The van der Waals surface area contributed by atoms with E-state index in [0.29, 0.717) is 29.3 Å². The highest BCUT2D eigenvalue weighted by molar-refractivity contribution is 6.76. The van der Waals surface area contributed by atoms with Gasteiger partial charge in [0.15, 0.2) is 5.69 Å². The van der Waals surface area contributed by atoms with Crippen molar-refractivity contribution < 1.29 is 14.3 Å². The van der Waals surface area contributed by atoms with Crippen molar-refractivity contribution in [3.8, 4) is 22.5 Å². The summed E-state index contributed by atoms with van der Waals surface area (Å²) in [5.74, 6) is -0.441. The summed E-state index contributed by atoms with van der Waals surface area (Å²) in [5, 5.41) is 4.82. The van der Waals surface area contributed by atoms with Gasteiger partial charge in [0.1, 0.15) is 18.1 Å². The molecule has 4 rings (SSSR count). The Morgan fingerprint density at radius 3 is 2.71 bits per heavy atom. The lowest BCUT2D eigenvalue weighted by Gasteiger charge is -2.16. The summed E-state index contributed by atoms with van der Waals surface area (Å²) in [7, 11) is -1.25. The molecule has 0 saturated carbocycles. The number of nitrogens with zero attached hydrogens (tertiary/aromatic N) is 5. The molecule has 0 spiro atoms. The van der Waals surface area contributed by atoms with Gasteiger partial charge in [0.05, 0.1) is 12.3 Å². The third-order valence-electron chi connectivity index (χ3n) is 5.44. The van der Waals surface area contributed by atoms with Crippen LogP contribution in [0.3, 0.4) is 0 Å². The minimum absolute atomic E-state index is 0.158. The number of aromatic nitrogens is 5. The molecule has 0 aliphatic rings. The summed E-state index contributed by atoms with van der Waals surface area (Å²) < 4.78 is 14.9. The summed E-state index contributed by atoms with van der Waals surface area (Å²) in [6.45, 7) is 11.7. The van der Waals surface area contributed by atoms with Crippen molar-refractivity contribution in [2.75, 3.05) is 13.2 Å². The molecule has 0 atom stereocenters. The molecule has 0 amide bonds. The van der Waals surface area contributed by atoms with Gasteiger partial charge in [0, 0.05) is 50.1 Å². The van der Waals surface area contributed by atoms with Crippen molar-refractivity contribution in [1.29, 1.82) is 0 Å². The molecule has 0 N–H and O–H groups in total. The number of hydrogen-bond acceptors (Lipinski definition) is 6. The largest absolute Gasteiger partial charge is 0.461 e. The van der Waals surface area contributed by atoms with Gasteiger partial charge >= 0.3 is 5.97 Å². The molecule has 34 heavy (non-hydrogen) atoms. The fraction of sp³-hybridized carbons (Fsp3) is 0.360. The van der Waals surface area contributed by atoms with Gasteiger partial charge < -0.3 is 13.9 Å². The minimum atomic E-state index is -1.25.